The van der Waals surface area contributed by atoms with Gasteiger partial charge < -0.3 is 4.90 Å². The number of nitrogens with one attached hydrogen (secondary N) is 1. The van der Waals surface area contributed by atoms with Crippen molar-refractivity contribution in [1.29, 1.82) is 0 Å². The lowest BCUT2D eigenvalue weighted by Crippen LogP contribution is -3.07. The van der Waals surface area contributed by atoms with Gasteiger partial charge in [0.1, 0.15) is 6.54 Å². The van der Waals surface area contributed by atoms with Crippen LogP contribution in [0.25, 0.3) is 0 Å². The molecular formula is C11H19N2+. The van der Waals surface area contributed by atoms with E-state index in [1.165, 1.54) is 24.9 Å². The van der Waals surface area contributed by atoms with E-state index >= 15 is 0 Å². The predicted molar refractivity (Wildman–Crippen MR) is 54.6 cm³/mol. The van der Waals surface area contributed by atoms with Gasteiger partial charge in [0.25, 0.3) is 0 Å². The van der Waals surface area contributed by atoms with Gasteiger partial charge in [-0.15, -0.1) is 0 Å². The lowest BCUT2D eigenvalue weighted by molar-refractivity contribution is -0.894. The van der Waals surface area contributed by atoms with Gasteiger partial charge in [-0.25, -0.2) is 0 Å². The molecule has 0 aliphatic heterocycles. The van der Waals surface area contributed by atoms with E-state index in [0.717, 1.165) is 6.54 Å². The molecule has 0 amide bonds. The van der Waals surface area contributed by atoms with E-state index in [9.17, 15) is 0 Å². The number of unbranched alkanes of at least 4 members (excludes halogenated alkanes) is 1. The molecule has 1 heterocycles. The average Bonchev–Trinajstić information content (AvgIpc) is 2.16. The highest BCUT2D eigenvalue weighted by atomic mass is 15.1. The van der Waals surface area contributed by atoms with E-state index in [-0.39, 0.29) is 0 Å². The third-order valence-corrected chi connectivity index (χ3v) is 2.19. The van der Waals surface area contributed by atoms with Gasteiger partial charge in [0.2, 0.25) is 0 Å². The molecule has 1 N–H and O–H groups in total. The first-order chi connectivity index (χ1) is 6.33. The molecule has 0 aromatic carbocycles. The second-order valence-electron chi connectivity index (χ2n) is 3.60. The third kappa shape index (κ3) is 4.04. The lowest BCUT2D eigenvalue weighted by Gasteiger charge is -2.12. The highest BCUT2D eigenvalue weighted by Crippen LogP contribution is 1.91. The predicted octanol–water partition coefficient (Wildman–Crippen LogP) is 0.896. The van der Waals surface area contributed by atoms with E-state index in [1.54, 1.807) is 4.90 Å². The van der Waals surface area contributed by atoms with E-state index in [2.05, 4.69) is 25.0 Å². The van der Waals surface area contributed by atoms with Crippen molar-refractivity contribution in [2.45, 2.75) is 26.3 Å². The summed E-state index contributed by atoms with van der Waals surface area (Å²) in [5.41, 5.74) is 1.33. The summed E-state index contributed by atoms with van der Waals surface area (Å²) in [4.78, 5) is 5.67. The number of hydrogen-bond acceptors (Lipinski definition) is 1. The van der Waals surface area contributed by atoms with Crippen LogP contribution in [-0.4, -0.2) is 18.6 Å². The summed E-state index contributed by atoms with van der Waals surface area (Å²) in [6.07, 6.45) is 6.37. The van der Waals surface area contributed by atoms with Crippen LogP contribution in [0, 0.1) is 0 Å². The van der Waals surface area contributed by atoms with E-state index in [0.29, 0.717) is 0 Å². The van der Waals surface area contributed by atoms with Crippen molar-refractivity contribution in [3.8, 4) is 0 Å². The Kier molecular flexibility index (Phi) is 4.47. The van der Waals surface area contributed by atoms with Crippen LogP contribution in [-0.2, 0) is 6.54 Å². The number of rotatable bonds is 5. The number of quaternary nitrogens is 1. The minimum atomic E-state index is 1.09. The third-order valence-electron chi connectivity index (χ3n) is 2.19. The smallest absolute Gasteiger partial charge is 0.104 e. The van der Waals surface area contributed by atoms with Crippen molar-refractivity contribution in [2.24, 2.45) is 0 Å². The van der Waals surface area contributed by atoms with Gasteiger partial charge in [-0.3, -0.25) is 4.98 Å². The molecule has 1 aromatic rings. The summed E-state index contributed by atoms with van der Waals surface area (Å²) in [5.74, 6) is 0. The normalized spacial score (nSPS) is 12.8. The highest BCUT2D eigenvalue weighted by molar-refractivity contribution is 5.06. The second kappa shape index (κ2) is 5.70. The van der Waals surface area contributed by atoms with Crippen molar-refractivity contribution in [1.82, 2.24) is 4.98 Å². The fourth-order valence-electron chi connectivity index (χ4n) is 1.42. The van der Waals surface area contributed by atoms with Gasteiger partial charge in [-0.1, -0.05) is 19.4 Å². The summed E-state index contributed by atoms with van der Waals surface area (Å²) >= 11 is 0. The Hall–Kier alpha value is -0.890. The molecule has 0 saturated heterocycles. The zero-order chi connectivity index (χ0) is 9.52. The molecule has 1 unspecified atom stereocenters. The fraction of sp³-hybridized carbons (Fsp3) is 0.545. The molecule has 2 nitrogen and oxygen atoms in total. The standard InChI is InChI=1S/C11H18N2/c1-3-4-8-13(2)10-11-6-5-7-12-9-11/h5-7,9H,3-4,8,10H2,1-2H3/p+1. The van der Waals surface area contributed by atoms with Crippen molar-refractivity contribution in [3.05, 3.63) is 30.1 Å². The minimum Gasteiger partial charge on any atom is -0.334 e. The van der Waals surface area contributed by atoms with Gasteiger partial charge in [0.15, 0.2) is 0 Å². The molecule has 72 valence electrons. The summed E-state index contributed by atoms with van der Waals surface area (Å²) in [6.45, 7) is 4.58. The van der Waals surface area contributed by atoms with Crippen LogP contribution in [0.5, 0.6) is 0 Å². The van der Waals surface area contributed by atoms with E-state index in [4.69, 9.17) is 0 Å². The largest absolute Gasteiger partial charge is 0.334 e. The Bertz CT molecular complexity index is 221. The maximum Gasteiger partial charge on any atom is 0.104 e. The molecule has 1 rings (SSSR count). The molecule has 2 heteroatoms. The first-order valence-electron chi connectivity index (χ1n) is 5.03. The van der Waals surface area contributed by atoms with Crippen LogP contribution < -0.4 is 4.90 Å². The molecular weight excluding hydrogens is 160 g/mol. The molecule has 0 aliphatic carbocycles. The van der Waals surface area contributed by atoms with Crippen molar-refractivity contribution < 1.29 is 4.90 Å². The topological polar surface area (TPSA) is 17.3 Å². The average molecular weight is 179 g/mol. The van der Waals surface area contributed by atoms with Crippen LogP contribution >= 0.6 is 0 Å². The Balaban J connectivity index is 2.32. The maximum absolute atomic E-state index is 4.10. The second-order valence-corrected chi connectivity index (χ2v) is 3.60. The fourth-order valence-corrected chi connectivity index (χ4v) is 1.42. The van der Waals surface area contributed by atoms with Crippen molar-refractivity contribution in [3.63, 3.8) is 0 Å². The van der Waals surface area contributed by atoms with E-state index in [1.807, 2.05) is 18.5 Å². The number of nitrogens with zero attached hydrogens (tertiary/aromatic N) is 1. The molecule has 0 saturated carbocycles. The summed E-state index contributed by atoms with van der Waals surface area (Å²) in [7, 11) is 2.24. The molecule has 1 atom stereocenters. The Morgan fingerprint density at radius 1 is 1.46 bits per heavy atom. The van der Waals surface area contributed by atoms with Crippen LogP contribution in [0.15, 0.2) is 24.5 Å². The zero-order valence-electron chi connectivity index (χ0n) is 8.59. The Morgan fingerprint density at radius 2 is 2.31 bits per heavy atom. The first-order valence-corrected chi connectivity index (χ1v) is 5.03. The van der Waals surface area contributed by atoms with E-state index < -0.39 is 0 Å². The van der Waals surface area contributed by atoms with Crippen molar-refractivity contribution in [2.75, 3.05) is 13.6 Å². The lowest BCUT2D eigenvalue weighted by atomic mass is 10.2. The van der Waals surface area contributed by atoms with Gasteiger partial charge in [-0.2, -0.15) is 0 Å². The summed E-state index contributed by atoms with van der Waals surface area (Å²) < 4.78 is 0. The van der Waals surface area contributed by atoms with Crippen LogP contribution in [0.2, 0.25) is 0 Å². The number of hydrogen-bond donors (Lipinski definition) is 1. The first kappa shape index (κ1) is 10.2. The van der Waals surface area contributed by atoms with Crippen LogP contribution in [0.3, 0.4) is 0 Å². The molecule has 0 spiro atoms. The molecule has 0 aliphatic rings. The zero-order valence-corrected chi connectivity index (χ0v) is 8.59. The van der Waals surface area contributed by atoms with Gasteiger partial charge in [-0.05, 0) is 12.5 Å². The SMILES string of the molecule is CCCC[NH+](C)Cc1cccnc1. The van der Waals surface area contributed by atoms with Crippen LogP contribution in [0.4, 0.5) is 0 Å². The van der Waals surface area contributed by atoms with Gasteiger partial charge in [0.05, 0.1) is 13.6 Å². The molecule has 0 fully saturated rings. The minimum absolute atomic E-state index is 1.09. The molecule has 0 radical (unpaired) electrons. The molecule has 0 bridgehead atoms. The number of pyridine rings is 1. The van der Waals surface area contributed by atoms with Gasteiger partial charge in [0, 0.05) is 18.0 Å². The Morgan fingerprint density at radius 3 is 2.92 bits per heavy atom. The summed E-state index contributed by atoms with van der Waals surface area (Å²) in [5, 5.41) is 0. The highest BCUT2D eigenvalue weighted by Gasteiger charge is 2.01. The van der Waals surface area contributed by atoms with Gasteiger partial charge >= 0.3 is 0 Å². The summed E-state index contributed by atoms with van der Waals surface area (Å²) in [6, 6.07) is 4.14. The quantitative estimate of drug-likeness (QED) is 0.710. The monoisotopic (exact) mass is 179 g/mol. The number of aromatic nitrogens is 1. The van der Waals surface area contributed by atoms with Crippen molar-refractivity contribution >= 4 is 0 Å². The molecule has 13 heavy (non-hydrogen) atoms. The Labute approximate surface area is 80.6 Å². The maximum atomic E-state index is 4.10. The van der Waals surface area contributed by atoms with Crippen LogP contribution in [0.1, 0.15) is 25.3 Å². The molecule has 1 aromatic heterocycles.